The lowest BCUT2D eigenvalue weighted by Crippen LogP contribution is -2.50. The Labute approximate surface area is 102 Å². The summed E-state index contributed by atoms with van der Waals surface area (Å²) < 4.78 is 16.5. The van der Waals surface area contributed by atoms with Crippen LogP contribution in [-0.4, -0.2) is 41.2 Å². The largest absolute Gasteiger partial charge is 0.503 e. The van der Waals surface area contributed by atoms with Crippen LogP contribution in [-0.2, 0) is 18.1 Å². The van der Waals surface area contributed by atoms with Gasteiger partial charge in [0, 0.05) is 26.9 Å². The molecule has 0 radical (unpaired) electrons. The van der Waals surface area contributed by atoms with E-state index in [1.807, 2.05) is 0 Å². The molecular formula is C11H20O5Si. The van der Waals surface area contributed by atoms with Crippen molar-refractivity contribution >= 4 is 14.8 Å². The quantitative estimate of drug-likeness (QED) is 0.756. The summed E-state index contributed by atoms with van der Waals surface area (Å²) in [6.07, 6.45) is 2.59. The van der Waals surface area contributed by atoms with Crippen molar-refractivity contribution in [2.75, 3.05) is 21.3 Å². The molecule has 5 nitrogen and oxygen atoms in total. The lowest BCUT2D eigenvalue weighted by Gasteiger charge is -2.36. The van der Waals surface area contributed by atoms with Crippen LogP contribution in [0.1, 0.15) is 19.3 Å². The van der Waals surface area contributed by atoms with Crippen LogP contribution in [0.4, 0.5) is 0 Å². The highest BCUT2D eigenvalue weighted by Gasteiger charge is 2.60. The molecule has 1 N–H and O–H groups in total. The molecule has 17 heavy (non-hydrogen) atoms. The molecule has 2 rings (SSSR count). The second-order valence-corrected chi connectivity index (χ2v) is 8.17. The maximum atomic E-state index is 11.1. The zero-order valence-electron chi connectivity index (χ0n) is 10.5. The second kappa shape index (κ2) is 4.68. The molecule has 4 unspecified atom stereocenters. The van der Waals surface area contributed by atoms with Gasteiger partial charge in [-0.05, 0) is 31.1 Å². The van der Waals surface area contributed by atoms with E-state index < -0.39 is 14.8 Å². The first-order valence-electron chi connectivity index (χ1n) is 5.96. The van der Waals surface area contributed by atoms with Crippen molar-refractivity contribution in [3.63, 3.8) is 0 Å². The van der Waals surface area contributed by atoms with Gasteiger partial charge in [-0.25, -0.2) is 0 Å². The highest BCUT2D eigenvalue weighted by atomic mass is 28.4. The van der Waals surface area contributed by atoms with E-state index in [0.717, 1.165) is 19.3 Å². The van der Waals surface area contributed by atoms with Crippen LogP contribution >= 0.6 is 0 Å². The Bertz CT molecular complexity index is 296. The van der Waals surface area contributed by atoms with Gasteiger partial charge in [-0.15, -0.1) is 0 Å². The van der Waals surface area contributed by atoms with Gasteiger partial charge in [-0.1, -0.05) is 0 Å². The van der Waals surface area contributed by atoms with Gasteiger partial charge in [0.1, 0.15) is 0 Å². The molecule has 98 valence electrons. The molecule has 0 spiro atoms. The SMILES string of the molecule is CO[Si](OC)(OC)C1CC2CC1CC2C(=O)O. The number of carboxylic acids is 1. The normalized spacial score (nSPS) is 36.4. The lowest BCUT2D eigenvalue weighted by molar-refractivity contribution is -0.143. The minimum atomic E-state index is -2.60. The van der Waals surface area contributed by atoms with Crippen molar-refractivity contribution in [1.82, 2.24) is 0 Å². The molecule has 0 amide bonds. The van der Waals surface area contributed by atoms with Gasteiger partial charge in [0.05, 0.1) is 5.92 Å². The van der Waals surface area contributed by atoms with E-state index in [2.05, 4.69) is 0 Å². The maximum absolute atomic E-state index is 11.1. The first kappa shape index (κ1) is 13.0. The Morgan fingerprint density at radius 3 is 2.00 bits per heavy atom. The standard InChI is InChI=1S/C11H20O5Si/c1-14-17(15-2,16-3)10-6-7-4-8(10)5-9(7)11(12)13/h7-10H,4-6H2,1-3H3,(H,12,13). The van der Waals surface area contributed by atoms with Crippen LogP contribution in [0.5, 0.6) is 0 Å². The van der Waals surface area contributed by atoms with Crippen LogP contribution in [0.15, 0.2) is 0 Å². The molecule has 0 aliphatic heterocycles. The van der Waals surface area contributed by atoms with Crippen molar-refractivity contribution in [1.29, 1.82) is 0 Å². The van der Waals surface area contributed by atoms with E-state index in [9.17, 15) is 4.79 Å². The number of rotatable bonds is 5. The summed E-state index contributed by atoms with van der Waals surface area (Å²) in [5.74, 6) is -0.175. The molecular weight excluding hydrogens is 240 g/mol. The molecule has 4 atom stereocenters. The highest BCUT2D eigenvalue weighted by Crippen LogP contribution is 2.58. The molecule has 6 heteroatoms. The summed E-state index contributed by atoms with van der Waals surface area (Å²) in [6, 6.07) is 0. The Balaban J connectivity index is 2.11. The predicted molar refractivity (Wildman–Crippen MR) is 62.5 cm³/mol. The van der Waals surface area contributed by atoms with E-state index in [1.165, 1.54) is 0 Å². The number of carbonyl (C=O) groups is 1. The third-order valence-electron chi connectivity index (χ3n) is 4.48. The van der Waals surface area contributed by atoms with Crippen LogP contribution in [0.3, 0.4) is 0 Å². The molecule has 0 aromatic carbocycles. The Hall–Kier alpha value is -0.433. The molecule has 2 saturated carbocycles. The Kier molecular flexibility index (Phi) is 3.58. The van der Waals surface area contributed by atoms with Gasteiger partial charge in [-0.3, -0.25) is 4.79 Å². The third-order valence-corrected chi connectivity index (χ3v) is 7.80. The number of carboxylic acid groups (broad SMARTS) is 1. The van der Waals surface area contributed by atoms with E-state index in [4.69, 9.17) is 18.4 Å². The molecule has 0 heterocycles. The summed E-state index contributed by atoms with van der Waals surface area (Å²) in [4.78, 5) is 11.1. The summed E-state index contributed by atoms with van der Waals surface area (Å²) in [6.45, 7) is 0. The van der Waals surface area contributed by atoms with Crippen molar-refractivity contribution in [2.24, 2.45) is 17.8 Å². The van der Waals surface area contributed by atoms with Gasteiger partial charge in [-0.2, -0.15) is 0 Å². The van der Waals surface area contributed by atoms with Gasteiger partial charge in [0.15, 0.2) is 0 Å². The van der Waals surface area contributed by atoms with Gasteiger partial charge < -0.3 is 18.4 Å². The summed E-state index contributed by atoms with van der Waals surface area (Å²) in [5.41, 5.74) is 0.267. The molecule has 2 fully saturated rings. The molecule has 2 aliphatic carbocycles. The Morgan fingerprint density at radius 2 is 1.65 bits per heavy atom. The zero-order chi connectivity index (χ0) is 12.6. The van der Waals surface area contributed by atoms with Crippen molar-refractivity contribution in [2.45, 2.75) is 24.8 Å². The van der Waals surface area contributed by atoms with E-state index in [-0.39, 0.29) is 17.4 Å². The maximum Gasteiger partial charge on any atom is 0.503 e. The fraction of sp³-hybridized carbons (Fsp3) is 0.909. The topological polar surface area (TPSA) is 65.0 Å². The average molecular weight is 260 g/mol. The van der Waals surface area contributed by atoms with Gasteiger partial charge in [0.2, 0.25) is 0 Å². The minimum absolute atomic E-state index is 0.173. The zero-order valence-corrected chi connectivity index (χ0v) is 11.5. The molecule has 2 aliphatic rings. The number of hydrogen-bond acceptors (Lipinski definition) is 4. The third kappa shape index (κ3) is 1.93. The smallest absolute Gasteiger partial charge is 0.481 e. The fourth-order valence-corrected chi connectivity index (χ4v) is 6.56. The van der Waals surface area contributed by atoms with Crippen LogP contribution < -0.4 is 0 Å². The predicted octanol–water partition coefficient (Wildman–Crippen LogP) is 1.37. The van der Waals surface area contributed by atoms with Gasteiger partial charge >= 0.3 is 14.8 Å². The fourth-order valence-electron chi connectivity index (χ4n) is 3.72. The summed E-state index contributed by atoms with van der Waals surface area (Å²) >= 11 is 0. The summed E-state index contributed by atoms with van der Waals surface area (Å²) in [7, 11) is 2.28. The van der Waals surface area contributed by atoms with E-state index in [0.29, 0.717) is 5.92 Å². The molecule has 2 bridgehead atoms. The highest BCUT2D eigenvalue weighted by molar-refractivity contribution is 6.62. The number of hydrogen-bond donors (Lipinski definition) is 1. The molecule has 0 saturated heterocycles. The Morgan fingerprint density at radius 1 is 1.06 bits per heavy atom. The van der Waals surface area contributed by atoms with Crippen molar-refractivity contribution in [3.8, 4) is 0 Å². The van der Waals surface area contributed by atoms with Crippen molar-refractivity contribution < 1.29 is 23.2 Å². The number of aliphatic carboxylic acids is 1. The second-order valence-electron chi connectivity index (χ2n) is 4.99. The first-order chi connectivity index (χ1) is 8.07. The average Bonchev–Trinajstić information content (AvgIpc) is 2.92. The van der Waals surface area contributed by atoms with E-state index >= 15 is 0 Å². The van der Waals surface area contributed by atoms with E-state index in [1.54, 1.807) is 21.3 Å². The molecule has 0 aromatic heterocycles. The minimum Gasteiger partial charge on any atom is -0.481 e. The molecule has 0 aromatic rings. The van der Waals surface area contributed by atoms with Crippen LogP contribution in [0.2, 0.25) is 5.54 Å². The van der Waals surface area contributed by atoms with Crippen LogP contribution in [0.25, 0.3) is 0 Å². The monoisotopic (exact) mass is 260 g/mol. The van der Waals surface area contributed by atoms with Crippen molar-refractivity contribution in [3.05, 3.63) is 0 Å². The summed E-state index contributed by atoms with van der Waals surface area (Å²) in [5, 5.41) is 9.11. The lowest BCUT2D eigenvalue weighted by atomic mass is 9.89. The van der Waals surface area contributed by atoms with Gasteiger partial charge in [0.25, 0.3) is 0 Å². The number of fused-ring (bicyclic) bond motifs is 2. The van der Waals surface area contributed by atoms with Crippen LogP contribution in [0, 0.1) is 17.8 Å². The first-order valence-corrected chi connectivity index (χ1v) is 7.76.